The highest BCUT2D eigenvalue weighted by Gasteiger charge is 2.13. The third-order valence-corrected chi connectivity index (χ3v) is 4.42. The van der Waals surface area contributed by atoms with Crippen LogP contribution in [0.1, 0.15) is 0 Å². The zero-order chi connectivity index (χ0) is 16.6. The van der Waals surface area contributed by atoms with Gasteiger partial charge < -0.3 is 0 Å². The molecule has 0 atom stereocenters. The lowest BCUT2D eigenvalue weighted by molar-refractivity contribution is 0.967. The van der Waals surface area contributed by atoms with Crippen molar-refractivity contribution < 1.29 is 0 Å². The molecule has 0 saturated carbocycles. The van der Waals surface area contributed by atoms with Gasteiger partial charge in [0.2, 0.25) is 0 Å². The van der Waals surface area contributed by atoms with Gasteiger partial charge in [0.05, 0.1) is 16.9 Å². The molecule has 0 aliphatic carbocycles. The molecule has 25 heavy (non-hydrogen) atoms. The van der Waals surface area contributed by atoms with Gasteiger partial charge in [-0.15, -0.1) is 0 Å². The highest BCUT2D eigenvalue weighted by molar-refractivity contribution is 5.94. The van der Waals surface area contributed by atoms with Gasteiger partial charge >= 0.3 is 0 Å². The second-order valence-corrected chi connectivity index (χ2v) is 6.01. The normalized spacial score (nSPS) is 11.2. The molecule has 0 aliphatic heterocycles. The molecule has 0 saturated heterocycles. The molecule has 118 valence electrons. The van der Waals surface area contributed by atoms with Crippen LogP contribution in [0.2, 0.25) is 0 Å². The van der Waals surface area contributed by atoms with Gasteiger partial charge in [-0.3, -0.25) is 0 Å². The summed E-state index contributed by atoms with van der Waals surface area (Å²) in [6, 6.07) is 30.9. The number of aromatic nitrogens is 3. The van der Waals surface area contributed by atoms with Crippen molar-refractivity contribution in [3.63, 3.8) is 0 Å². The van der Waals surface area contributed by atoms with Gasteiger partial charge in [0.1, 0.15) is 0 Å². The molecule has 0 amide bonds. The Kier molecular flexibility index (Phi) is 3.10. The Morgan fingerprint density at radius 2 is 1.28 bits per heavy atom. The Morgan fingerprint density at radius 3 is 2.04 bits per heavy atom. The van der Waals surface area contributed by atoms with Crippen LogP contribution in [0.3, 0.4) is 0 Å². The molecule has 3 aromatic carbocycles. The van der Waals surface area contributed by atoms with Gasteiger partial charge in [-0.1, -0.05) is 72.8 Å². The lowest BCUT2D eigenvalue weighted by atomic mass is 10.1. The minimum Gasteiger partial charge on any atom is -0.228 e. The van der Waals surface area contributed by atoms with E-state index in [1.165, 1.54) is 0 Å². The minimum atomic E-state index is 0.885. The molecule has 0 N–H and O–H groups in total. The van der Waals surface area contributed by atoms with Crippen molar-refractivity contribution in [1.29, 1.82) is 0 Å². The van der Waals surface area contributed by atoms with Crippen molar-refractivity contribution >= 4 is 16.6 Å². The quantitative estimate of drug-likeness (QED) is 0.446. The number of hydrogen-bond acceptors (Lipinski definition) is 2. The van der Waals surface area contributed by atoms with E-state index in [9.17, 15) is 0 Å². The van der Waals surface area contributed by atoms with Crippen LogP contribution in [0.5, 0.6) is 0 Å². The molecule has 5 rings (SSSR count). The summed E-state index contributed by atoms with van der Waals surface area (Å²) < 4.78 is 1.95. The average Bonchev–Trinajstić information content (AvgIpc) is 3.07. The summed E-state index contributed by atoms with van der Waals surface area (Å²) in [4.78, 5) is 4.92. The van der Waals surface area contributed by atoms with Crippen LogP contribution < -0.4 is 0 Å². The first-order chi connectivity index (χ1) is 12.4. The Labute approximate surface area is 145 Å². The van der Waals surface area contributed by atoms with E-state index in [-0.39, 0.29) is 0 Å². The molecule has 3 heteroatoms. The Bertz CT molecular complexity index is 1180. The van der Waals surface area contributed by atoms with Crippen molar-refractivity contribution in [3.8, 4) is 22.5 Å². The van der Waals surface area contributed by atoms with E-state index in [2.05, 4.69) is 36.4 Å². The maximum Gasteiger partial charge on any atom is 0.164 e. The fourth-order valence-electron chi connectivity index (χ4n) is 3.20. The van der Waals surface area contributed by atoms with Crippen LogP contribution >= 0.6 is 0 Å². The molecule has 2 heterocycles. The zero-order valence-corrected chi connectivity index (χ0v) is 13.5. The van der Waals surface area contributed by atoms with Crippen LogP contribution in [-0.4, -0.2) is 14.6 Å². The molecule has 0 aliphatic rings. The molecule has 0 bridgehead atoms. The Morgan fingerprint density at radius 1 is 0.640 bits per heavy atom. The molecule has 3 nitrogen and oxygen atoms in total. The maximum absolute atomic E-state index is 4.92. The monoisotopic (exact) mass is 321 g/mol. The third kappa shape index (κ3) is 2.29. The largest absolute Gasteiger partial charge is 0.228 e. The van der Waals surface area contributed by atoms with Crippen molar-refractivity contribution in [2.24, 2.45) is 0 Å². The first kappa shape index (κ1) is 13.9. The third-order valence-electron chi connectivity index (χ3n) is 4.42. The van der Waals surface area contributed by atoms with E-state index in [0.717, 1.165) is 39.1 Å². The molecule has 2 aromatic heterocycles. The average molecular weight is 321 g/mol. The number of benzene rings is 3. The predicted molar refractivity (Wildman–Crippen MR) is 101 cm³/mol. The smallest absolute Gasteiger partial charge is 0.164 e. The highest BCUT2D eigenvalue weighted by Crippen LogP contribution is 2.29. The molecule has 5 aromatic rings. The van der Waals surface area contributed by atoms with Gasteiger partial charge in [0.25, 0.3) is 0 Å². The lowest BCUT2D eigenvalue weighted by Crippen LogP contribution is -1.98. The SMILES string of the molecule is c1ccc(-c2cc(-c3ccccc3)n3nc4ccccc4c3n2)cc1. The Balaban J connectivity index is 1.90. The van der Waals surface area contributed by atoms with Crippen molar-refractivity contribution in [2.75, 3.05) is 0 Å². The van der Waals surface area contributed by atoms with E-state index in [1.807, 2.05) is 59.1 Å². The summed E-state index contributed by atoms with van der Waals surface area (Å²) in [6.45, 7) is 0. The molecular formula is C22H15N3. The van der Waals surface area contributed by atoms with Gasteiger partial charge in [0, 0.05) is 16.5 Å². The van der Waals surface area contributed by atoms with E-state index < -0.39 is 0 Å². The van der Waals surface area contributed by atoms with E-state index in [1.54, 1.807) is 0 Å². The number of hydrogen-bond donors (Lipinski definition) is 0. The van der Waals surface area contributed by atoms with Crippen LogP contribution in [0, 0.1) is 0 Å². The summed E-state index contributed by atoms with van der Waals surface area (Å²) in [7, 11) is 0. The van der Waals surface area contributed by atoms with Crippen LogP contribution in [0.4, 0.5) is 0 Å². The van der Waals surface area contributed by atoms with Crippen LogP contribution in [0.15, 0.2) is 91.0 Å². The van der Waals surface area contributed by atoms with Gasteiger partial charge in [-0.25, -0.2) is 9.50 Å². The fraction of sp³-hybridized carbons (Fsp3) is 0. The fourth-order valence-corrected chi connectivity index (χ4v) is 3.20. The number of rotatable bonds is 2. The van der Waals surface area contributed by atoms with Crippen molar-refractivity contribution in [2.45, 2.75) is 0 Å². The summed E-state index contributed by atoms with van der Waals surface area (Å²) in [5.41, 5.74) is 6.07. The molecule has 0 spiro atoms. The molecule has 0 fully saturated rings. The molecule has 0 radical (unpaired) electrons. The first-order valence-electron chi connectivity index (χ1n) is 8.29. The number of fused-ring (bicyclic) bond motifs is 3. The van der Waals surface area contributed by atoms with Crippen LogP contribution in [0.25, 0.3) is 39.1 Å². The van der Waals surface area contributed by atoms with Gasteiger partial charge in [0.15, 0.2) is 5.65 Å². The minimum absolute atomic E-state index is 0.885. The summed E-state index contributed by atoms with van der Waals surface area (Å²) >= 11 is 0. The molecule has 0 unspecified atom stereocenters. The first-order valence-corrected chi connectivity index (χ1v) is 8.29. The van der Waals surface area contributed by atoms with E-state index in [4.69, 9.17) is 10.1 Å². The van der Waals surface area contributed by atoms with Crippen molar-refractivity contribution in [3.05, 3.63) is 91.0 Å². The highest BCUT2D eigenvalue weighted by atomic mass is 15.3. The van der Waals surface area contributed by atoms with Crippen LogP contribution in [-0.2, 0) is 0 Å². The van der Waals surface area contributed by atoms with Gasteiger partial charge in [-0.2, -0.15) is 5.10 Å². The summed E-state index contributed by atoms with van der Waals surface area (Å²) in [5.74, 6) is 0. The topological polar surface area (TPSA) is 30.2 Å². The lowest BCUT2D eigenvalue weighted by Gasteiger charge is -2.08. The van der Waals surface area contributed by atoms with E-state index >= 15 is 0 Å². The maximum atomic E-state index is 4.92. The Hall–Kier alpha value is -3.46. The van der Waals surface area contributed by atoms with Gasteiger partial charge in [-0.05, 0) is 18.2 Å². The summed E-state index contributed by atoms with van der Waals surface area (Å²) in [6.07, 6.45) is 0. The molecular weight excluding hydrogens is 306 g/mol. The zero-order valence-electron chi connectivity index (χ0n) is 13.5. The summed E-state index contributed by atoms with van der Waals surface area (Å²) in [5, 5.41) is 5.85. The standard InChI is InChI=1S/C22H15N3/c1-3-9-16(10-4-1)20-15-21(17-11-5-2-6-12-17)25-22(23-20)18-13-7-8-14-19(18)24-25/h1-15H. The van der Waals surface area contributed by atoms with Crippen molar-refractivity contribution in [1.82, 2.24) is 14.6 Å². The second-order valence-electron chi connectivity index (χ2n) is 6.01. The second kappa shape index (κ2) is 5.56. The predicted octanol–water partition coefficient (Wildman–Crippen LogP) is 5.22. The number of nitrogens with zero attached hydrogens (tertiary/aromatic N) is 3. The van der Waals surface area contributed by atoms with E-state index in [0.29, 0.717) is 0 Å².